The summed E-state index contributed by atoms with van der Waals surface area (Å²) in [6.45, 7) is 0. The molecule has 100 valence electrons. The van der Waals surface area contributed by atoms with Gasteiger partial charge in [0.05, 0.1) is 5.56 Å². The summed E-state index contributed by atoms with van der Waals surface area (Å²) in [6.07, 6.45) is -3.42. The average Bonchev–Trinajstić information content (AvgIpc) is 2.29. The van der Waals surface area contributed by atoms with Gasteiger partial charge in [-0.2, -0.15) is 4.39 Å². The van der Waals surface area contributed by atoms with Gasteiger partial charge < -0.3 is 4.74 Å². The van der Waals surface area contributed by atoms with Crippen molar-refractivity contribution in [1.82, 2.24) is 4.98 Å². The predicted molar refractivity (Wildman–Crippen MR) is 69.0 cm³/mol. The van der Waals surface area contributed by atoms with Gasteiger partial charge in [0.2, 0.25) is 5.95 Å². The predicted octanol–water partition coefficient (Wildman–Crippen LogP) is 4.39. The first kappa shape index (κ1) is 14.0. The largest absolute Gasteiger partial charge is 0.573 e. The van der Waals surface area contributed by atoms with Gasteiger partial charge in [0.1, 0.15) is 5.75 Å². The molecule has 0 spiro atoms. The molecule has 0 N–H and O–H groups in total. The van der Waals surface area contributed by atoms with Gasteiger partial charge in [-0.3, -0.25) is 0 Å². The Hall–Kier alpha value is -1.38. The minimum absolute atomic E-state index is 0.252. The van der Waals surface area contributed by atoms with E-state index < -0.39 is 12.3 Å². The lowest BCUT2D eigenvalue weighted by atomic mass is 10.1. The normalized spacial score (nSPS) is 11.4. The molecule has 19 heavy (non-hydrogen) atoms. The van der Waals surface area contributed by atoms with Gasteiger partial charge in [0.25, 0.3) is 0 Å². The van der Waals surface area contributed by atoms with E-state index in [-0.39, 0.29) is 11.3 Å². The summed E-state index contributed by atoms with van der Waals surface area (Å²) in [5.41, 5.74) is 0.686. The number of benzene rings is 1. The molecule has 0 aliphatic carbocycles. The van der Waals surface area contributed by atoms with Crippen molar-refractivity contribution in [2.24, 2.45) is 0 Å². The second-order valence-electron chi connectivity index (χ2n) is 3.53. The fourth-order valence-electron chi connectivity index (χ4n) is 1.49. The van der Waals surface area contributed by atoms with E-state index in [9.17, 15) is 17.6 Å². The molecule has 7 heteroatoms. The highest BCUT2D eigenvalue weighted by atomic mass is 127. The van der Waals surface area contributed by atoms with Crippen LogP contribution in [0.3, 0.4) is 0 Å². The molecule has 1 aromatic heterocycles. The Morgan fingerprint density at radius 2 is 1.68 bits per heavy atom. The summed E-state index contributed by atoms with van der Waals surface area (Å²) < 4.78 is 53.9. The van der Waals surface area contributed by atoms with Crippen molar-refractivity contribution in [3.05, 3.63) is 46.0 Å². The molecule has 2 rings (SSSR count). The van der Waals surface area contributed by atoms with Crippen molar-refractivity contribution in [2.45, 2.75) is 6.36 Å². The van der Waals surface area contributed by atoms with Crippen molar-refractivity contribution in [1.29, 1.82) is 0 Å². The van der Waals surface area contributed by atoms with Crippen LogP contribution in [0, 0.1) is 9.52 Å². The van der Waals surface area contributed by atoms with Crippen LogP contribution >= 0.6 is 22.6 Å². The summed E-state index contributed by atoms with van der Waals surface area (Å²) >= 11 is 1.93. The highest BCUT2D eigenvalue weighted by Gasteiger charge is 2.31. The van der Waals surface area contributed by atoms with Crippen LogP contribution in [0.4, 0.5) is 17.6 Å². The average molecular weight is 383 g/mol. The number of nitrogens with zero attached hydrogens (tertiary/aromatic N) is 1. The molecule has 1 heterocycles. The lowest BCUT2D eigenvalue weighted by Gasteiger charge is -2.10. The van der Waals surface area contributed by atoms with E-state index in [0.717, 1.165) is 12.1 Å². The Bertz CT molecular complexity index is 563. The summed E-state index contributed by atoms with van der Waals surface area (Å²) in [6, 6.07) is 6.57. The SMILES string of the molecule is Fc1nccc(I)c1-c1ccc(OC(F)(F)F)cc1. The number of hydrogen-bond donors (Lipinski definition) is 0. The molecular formula is C12H6F4INO. The Balaban J connectivity index is 2.33. The number of ether oxygens (including phenoxy) is 1. The second-order valence-corrected chi connectivity index (χ2v) is 4.69. The summed E-state index contributed by atoms with van der Waals surface area (Å²) in [5.74, 6) is -1.02. The van der Waals surface area contributed by atoms with Gasteiger partial charge in [-0.25, -0.2) is 4.98 Å². The van der Waals surface area contributed by atoms with E-state index in [1.807, 2.05) is 22.6 Å². The quantitative estimate of drug-likeness (QED) is 0.436. The fraction of sp³-hybridized carbons (Fsp3) is 0.0833. The van der Waals surface area contributed by atoms with Crippen LogP contribution in [-0.4, -0.2) is 11.3 Å². The number of aromatic nitrogens is 1. The molecule has 0 fully saturated rings. The standard InChI is InChI=1S/C12H6F4INO/c13-11-10(9(17)5-6-18-11)7-1-3-8(4-2-7)19-12(14,15)16/h1-6H. The van der Waals surface area contributed by atoms with Crippen molar-refractivity contribution in [2.75, 3.05) is 0 Å². The minimum Gasteiger partial charge on any atom is -0.406 e. The third kappa shape index (κ3) is 3.55. The lowest BCUT2D eigenvalue weighted by Crippen LogP contribution is -2.16. The topological polar surface area (TPSA) is 22.1 Å². The zero-order valence-corrected chi connectivity index (χ0v) is 11.4. The van der Waals surface area contributed by atoms with Gasteiger partial charge in [-0.05, 0) is 46.4 Å². The molecule has 0 saturated carbocycles. The summed E-state index contributed by atoms with van der Waals surface area (Å²) in [5, 5.41) is 0. The number of pyridine rings is 1. The first-order chi connectivity index (χ1) is 8.87. The molecule has 2 nitrogen and oxygen atoms in total. The molecule has 0 radical (unpaired) electrons. The first-order valence-electron chi connectivity index (χ1n) is 5.03. The number of alkyl halides is 3. The highest BCUT2D eigenvalue weighted by molar-refractivity contribution is 14.1. The van der Waals surface area contributed by atoms with Crippen LogP contribution in [0.1, 0.15) is 0 Å². The van der Waals surface area contributed by atoms with Gasteiger partial charge in [-0.1, -0.05) is 12.1 Å². The zero-order chi connectivity index (χ0) is 14.0. The Labute approximate surface area is 119 Å². The molecule has 0 aliphatic heterocycles. The van der Waals surface area contributed by atoms with Gasteiger partial charge in [0, 0.05) is 9.77 Å². The molecule has 0 atom stereocenters. The first-order valence-corrected chi connectivity index (χ1v) is 6.11. The van der Waals surface area contributed by atoms with Crippen LogP contribution in [0.25, 0.3) is 11.1 Å². The molecule has 0 amide bonds. The molecule has 0 aliphatic rings. The lowest BCUT2D eigenvalue weighted by molar-refractivity contribution is -0.274. The Morgan fingerprint density at radius 1 is 1.05 bits per heavy atom. The number of rotatable bonds is 2. The monoisotopic (exact) mass is 383 g/mol. The summed E-state index contributed by atoms with van der Waals surface area (Å²) in [4.78, 5) is 3.52. The number of hydrogen-bond acceptors (Lipinski definition) is 2. The van der Waals surface area contributed by atoms with Crippen molar-refractivity contribution >= 4 is 22.6 Å². The molecule has 0 unspecified atom stereocenters. The molecule has 0 saturated heterocycles. The Kier molecular flexibility index (Phi) is 3.93. The van der Waals surface area contributed by atoms with Crippen molar-refractivity contribution in [3.63, 3.8) is 0 Å². The maximum absolute atomic E-state index is 13.6. The second kappa shape index (κ2) is 5.32. The molecular weight excluding hydrogens is 377 g/mol. The van der Waals surface area contributed by atoms with Crippen LogP contribution in [-0.2, 0) is 0 Å². The van der Waals surface area contributed by atoms with Gasteiger partial charge in [0.15, 0.2) is 0 Å². The van der Waals surface area contributed by atoms with E-state index in [1.165, 1.54) is 18.3 Å². The van der Waals surface area contributed by atoms with Gasteiger partial charge >= 0.3 is 6.36 Å². The Morgan fingerprint density at radius 3 is 2.21 bits per heavy atom. The van der Waals surface area contributed by atoms with E-state index >= 15 is 0 Å². The maximum Gasteiger partial charge on any atom is 0.573 e. The third-order valence-corrected chi connectivity index (χ3v) is 3.13. The van der Waals surface area contributed by atoms with Crippen LogP contribution < -0.4 is 4.74 Å². The maximum atomic E-state index is 13.6. The highest BCUT2D eigenvalue weighted by Crippen LogP contribution is 2.30. The molecule has 0 bridgehead atoms. The smallest absolute Gasteiger partial charge is 0.406 e. The van der Waals surface area contributed by atoms with E-state index in [2.05, 4.69) is 9.72 Å². The molecule has 1 aromatic carbocycles. The zero-order valence-electron chi connectivity index (χ0n) is 9.21. The van der Waals surface area contributed by atoms with Crippen molar-refractivity contribution < 1.29 is 22.3 Å². The van der Waals surface area contributed by atoms with Crippen LogP contribution in [0.15, 0.2) is 36.5 Å². The number of halogens is 5. The third-order valence-electron chi connectivity index (χ3n) is 2.23. The van der Waals surface area contributed by atoms with E-state index in [4.69, 9.17) is 0 Å². The van der Waals surface area contributed by atoms with Crippen LogP contribution in [0.5, 0.6) is 5.75 Å². The fourth-order valence-corrected chi connectivity index (χ4v) is 2.19. The van der Waals surface area contributed by atoms with E-state index in [0.29, 0.717) is 9.13 Å². The van der Waals surface area contributed by atoms with Crippen LogP contribution in [0.2, 0.25) is 0 Å². The van der Waals surface area contributed by atoms with Crippen molar-refractivity contribution in [3.8, 4) is 16.9 Å². The summed E-state index contributed by atoms with van der Waals surface area (Å²) in [7, 11) is 0. The van der Waals surface area contributed by atoms with E-state index in [1.54, 1.807) is 6.07 Å². The molecule has 2 aromatic rings. The van der Waals surface area contributed by atoms with Gasteiger partial charge in [-0.15, -0.1) is 13.2 Å². The minimum atomic E-state index is -4.74.